The molecule has 0 bridgehead atoms. The van der Waals surface area contributed by atoms with Gasteiger partial charge in [0.1, 0.15) is 18.2 Å². The number of carboxylic acid groups (broad SMARTS) is 1. The van der Waals surface area contributed by atoms with Crippen molar-refractivity contribution in [3.63, 3.8) is 0 Å². The lowest BCUT2D eigenvalue weighted by Crippen LogP contribution is -2.60. The summed E-state index contributed by atoms with van der Waals surface area (Å²) in [7, 11) is 0. The molecule has 0 aromatic heterocycles. The van der Waals surface area contributed by atoms with Crippen molar-refractivity contribution in [3.8, 4) is 11.1 Å². The molecule has 1 saturated heterocycles. The number of likely N-dealkylation sites (tertiary alicyclic amines) is 1. The molecule has 1 atom stereocenters. The normalized spacial score (nSPS) is 16.7. The van der Waals surface area contributed by atoms with E-state index in [2.05, 4.69) is 15.5 Å². The van der Waals surface area contributed by atoms with Crippen molar-refractivity contribution in [1.82, 2.24) is 15.5 Å². The molecule has 1 aliphatic heterocycles. The van der Waals surface area contributed by atoms with Gasteiger partial charge in [0.2, 0.25) is 5.91 Å². The van der Waals surface area contributed by atoms with E-state index in [1.165, 1.54) is 0 Å². The number of hydrogen-bond donors (Lipinski definition) is 3. The highest BCUT2D eigenvalue weighted by Gasteiger charge is 2.43. The number of nitrogens with zero attached hydrogens (tertiary/aromatic N) is 1. The maximum Gasteiger partial charge on any atom is 0.407 e. The quantitative estimate of drug-likeness (QED) is 0.320. The van der Waals surface area contributed by atoms with Crippen LogP contribution < -0.4 is 10.6 Å². The van der Waals surface area contributed by atoms with Gasteiger partial charge in [0, 0.05) is 25.6 Å². The van der Waals surface area contributed by atoms with Crippen LogP contribution in [0.15, 0.2) is 78.9 Å². The van der Waals surface area contributed by atoms with E-state index in [0.717, 1.165) is 27.8 Å². The number of rotatable bonds is 10. The van der Waals surface area contributed by atoms with Crippen LogP contribution in [0.4, 0.5) is 13.6 Å². The summed E-state index contributed by atoms with van der Waals surface area (Å²) in [4.78, 5) is 39.7. The van der Waals surface area contributed by atoms with Gasteiger partial charge in [-0.05, 0) is 40.7 Å². The Hall–Kier alpha value is -4.31. The first-order valence-electron chi connectivity index (χ1n) is 14.0. The second-order valence-corrected chi connectivity index (χ2v) is 10.8. The fraction of sp³-hybridized carbons (Fsp3) is 0.344. The van der Waals surface area contributed by atoms with Gasteiger partial charge in [-0.15, -0.1) is 0 Å². The molecule has 0 saturated carbocycles. The summed E-state index contributed by atoms with van der Waals surface area (Å²) in [6.07, 6.45) is -4.67. The molecule has 5 rings (SSSR count). The van der Waals surface area contributed by atoms with Crippen LogP contribution >= 0.6 is 0 Å². The molecule has 0 spiro atoms. The predicted octanol–water partition coefficient (Wildman–Crippen LogP) is 4.78. The van der Waals surface area contributed by atoms with Crippen molar-refractivity contribution in [1.29, 1.82) is 0 Å². The van der Waals surface area contributed by atoms with Crippen LogP contribution in [0.2, 0.25) is 0 Å². The summed E-state index contributed by atoms with van der Waals surface area (Å²) in [6, 6.07) is 23.4. The Morgan fingerprint density at radius 2 is 1.48 bits per heavy atom. The van der Waals surface area contributed by atoms with Gasteiger partial charge in [0.05, 0.1) is 6.42 Å². The molecule has 1 aliphatic carbocycles. The number of hydrogen-bond acceptors (Lipinski definition) is 5. The molecule has 10 heteroatoms. The highest BCUT2D eigenvalue weighted by Crippen LogP contribution is 2.44. The van der Waals surface area contributed by atoms with E-state index in [0.29, 0.717) is 19.6 Å². The summed E-state index contributed by atoms with van der Waals surface area (Å²) < 4.78 is 33.1. The third kappa shape index (κ3) is 6.44. The first-order chi connectivity index (χ1) is 20.3. The Morgan fingerprint density at radius 3 is 2.05 bits per heavy atom. The van der Waals surface area contributed by atoms with E-state index in [1.54, 1.807) is 0 Å². The number of ether oxygens (including phenoxy) is 1. The number of amides is 2. The Labute approximate surface area is 242 Å². The number of carboxylic acids is 1. The number of alkyl halides is 2. The van der Waals surface area contributed by atoms with Crippen LogP contribution in [0.25, 0.3) is 11.1 Å². The maximum atomic E-state index is 13.9. The van der Waals surface area contributed by atoms with Gasteiger partial charge in [0.25, 0.3) is 6.43 Å². The summed E-state index contributed by atoms with van der Waals surface area (Å²) >= 11 is 0. The van der Waals surface area contributed by atoms with Crippen molar-refractivity contribution in [2.45, 2.75) is 49.7 Å². The molecule has 3 aromatic rings. The zero-order valence-corrected chi connectivity index (χ0v) is 23.0. The molecule has 8 nitrogen and oxygen atoms in total. The Kier molecular flexibility index (Phi) is 8.82. The number of benzene rings is 3. The van der Waals surface area contributed by atoms with Crippen molar-refractivity contribution in [2.75, 3.05) is 19.7 Å². The lowest BCUT2D eigenvalue weighted by atomic mass is 9.87. The minimum absolute atomic E-state index is 0.0659. The molecule has 3 N–H and O–H groups in total. The molecule has 0 radical (unpaired) electrons. The lowest BCUT2D eigenvalue weighted by Gasteiger charge is -2.39. The summed E-state index contributed by atoms with van der Waals surface area (Å²) in [5, 5.41) is 14.5. The van der Waals surface area contributed by atoms with Crippen molar-refractivity contribution in [2.24, 2.45) is 0 Å². The lowest BCUT2D eigenvalue weighted by molar-refractivity contribution is -0.150. The maximum absolute atomic E-state index is 13.9. The number of aliphatic carboxylic acids is 1. The predicted molar refractivity (Wildman–Crippen MR) is 152 cm³/mol. The van der Waals surface area contributed by atoms with Crippen LogP contribution in [0.5, 0.6) is 0 Å². The fourth-order valence-electron chi connectivity index (χ4n) is 5.84. The van der Waals surface area contributed by atoms with Gasteiger partial charge in [-0.25, -0.2) is 18.4 Å². The number of fused-ring (bicyclic) bond motifs is 3. The third-order valence-corrected chi connectivity index (χ3v) is 8.10. The van der Waals surface area contributed by atoms with E-state index in [9.17, 15) is 28.3 Å². The molecule has 1 heterocycles. The van der Waals surface area contributed by atoms with Crippen LogP contribution in [0, 0.1) is 0 Å². The SMILES string of the molecule is O=C(CC(NC(=O)OCC1c2ccccc2-c2ccccc21)C(F)F)NC1(C(=O)O)CCN(Cc2ccccc2)CC1. The molecular formula is C32H33F2N3O5. The third-order valence-electron chi connectivity index (χ3n) is 8.10. The topological polar surface area (TPSA) is 108 Å². The number of nitrogens with one attached hydrogen (secondary N) is 2. The van der Waals surface area contributed by atoms with E-state index < -0.39 is 42.4 Å². The molecule has 1 unspecified atom stereocenters. The van der Waals surface area contributed by atoms with E-state index in [-0.39, 0.29) is 25.4 Å². The summed E-state index contributed by atoms with van der Waals surface area (Å²) in [5.74, 6) is -2.34. The minimum Gasteiger partial charge on any atom is -0.480 e. The van der Waals surface area contributed by atoms with Gasteiger partial charge in [-0.2, -0.15) is 0 Å². The zero-order valence-electron chi connectivity index (χ0n) is 23.0. The summed E-state index contributed by atoms with van der Waals surface area (Å²) in [6.45, 7) is 1.40. The number of piperidine rings is 1. The Morgan fingerprint density at radius 1 is 0.905 bits per heavy atom. The fourth-order valence-corrected chi connectivity index (χ4v) is 5.84. The second kappa shape index (κ2) is 12.7. The van der Waals surface area contributed by atoms with Crippen LogP contribution in [0.1, 0.15) is 41.9 Å². The van der Waals surface area contributed by atoms with Crippen molar-refractivity contribution >= 4 is 18.0 Å². The monoisotopic (exact) mass is 577 g/mol. The van der Waals surface area contributed by atoms with E-state index in [4.69, 9.17) is 4.74 Å². The van der Waals surface area contributed by atoms with Crippen molar-refractivity contribution < 1.29 is 33.0 Å². The van der Waals surface area contributed by atoms with Crippen molar-refractivity contribution in [3.05, 3.63) is 95.6 Å². The van der Waals surface area contributed by atoms with Gasteiger partial charge in [0.15, 0.2) is 0 Å². The van der Waals surface area contributed by atoms with Crippen LogP contribution in [-0.2, 0) is 20.9 Å². The average Bonchev–Trinajstić information content (AvgIpc) is 3.31. The molecule has 1 fully saturated rings. The van der Waals surface area contributed by atoms with Crippen LogP contribution in [-0.4, -0.2) is 65.7 Å². The molecule has 2 amide bonds. The second-order valence-electron chi connectivity index (χ2n) is 10.8. The molecule has 2 aliphatic rings. The van der Waals surface area contributed by atoms with E-state index in [1.807, 2.05) is 78.9 Å². The molecular weight excluding hydrogens is 544 g/mol. The zero-order chi connectivity index (χ0) is 29.7. The molecule has 3 aromatic carbocycles. The number of carbonyl (C=O) groups is 3. The largest absolute Gasteiger partial charge is 0.480 e. The Bertz CT molecular complexity index is 1380. The minimum atomic E-state index is -3.07. The van der Waals surface area contributed by atoms with Gasteiger partial charge < -0.3 is 20.5 Å². The highest BCUT2D eigenvalue weighted by atomic mass is 19.3. The van der Waals surface area contributed by atoms with Gasteiger partial charge in [-0.1, -0.05) is 78.9 Å². The van der Waals surface area contributed by atoms with Gasteiger partial charge >= 0.3 is 12.1 Å². The number of carbonyl (C=O) groups excluding carboxylic acids is 2. The smallest absolute Gasteiger partial charge is 0.407 e. The number of alkyl carbamates (subject to hydrolysis) is 1. The summed E-state index contributed by atoms with van der Waals surface area (Å²) in [5.41, 5.74) is 3.53. The molecule has 220 valence electrons. The standard InChI is InChI=1S/C32H33F2N3O5/c33-29(34)27(35-31(41)42-20-26-24-12-6-4-10-22(24)23-11-5-7-13-25(23)26)18-28(38)36-32(30(39)40)14-16-37(17-15-32)19-21-8-2-1-3-9-21/h1-13,26-27,29H,14-20H2,(H,35,41)(H,36,38)(H,39,40). The first kappa shape index (κ1) is 29.2. The number of halogens is 2. The Balaban J connectivity index is 1.15. The van der Waals surface area contributed by atoms with Gasteiger partial charge in [-0.3, -0.25) is 9.69 Å². The highest BCUT2D eigenvalue weighted by molar-refractivity contribution is 5.87. The molecule has 42 heavy (non-hydrogen) atoms. The average molecular weight is 578 g/mol. The van der Waals surface area contributed by atoms with Crippen LogP contribution in [0.3, 0.4) is 0 Å². The van der Waals surface area contributed by atoms with E-state index >= 15 is 0 Å². The first-order valence-corrected chi connectivity index (χ1v) is 14.0.